The van der Waals surface area contributed by atoms with Crippen molar-refractivity contribution < 1.29 is 9.90 Å². The Morgan fingerprint density at radius 1 is 1.67 bits per heavy atom. The summed E-state index contributed by atoms with van der Waals surface area (Å²) in [6.07, 6.45) is 0. The molecule has 0 spiro atoms. The van der Waals surface area contributed by atoms with Crippen molar-refractivity contribution in [3.63, 3.8) is 0 Å². The molecule has 0 aromatic carbocycles. The van der Waals surface area contributed by atoms with Gasteiger partial charge in [-0.25, -0.2) is 9.78 Å². The van der Waals surface area contributed by atoms with Gasteiger partial charge in [-0.05, 0) is 38.8 Å². The van der Waals surface area contributed by atoms with Crippen molar-refractivity contribution in [2.24, 2.45) is 0 Å². The highest BCUT2D eigenvalue weighted by atomic mass is 79.9. The molecular formula is C6H6Br2N2O2. The number of aromatic nitrogens is 2. The number of rotatable bonds is 2. The molecule has 1 aromatic rings. The molecule has 1 heterocycles. The van der Waals surface area contributed by atoms with E-state index in [0.29, 0.717) is 15.8 Å². The van der Waals surface area contributed by atoms with E-state index in [9.17, 15) is 4.79 Å². The number of aromatic carboxylic acids is 1. The van der Waals surface area contributed by atoms with Crippen LogP contribution < -0.4 is 0 Å². The molecule has 1 rings (SSSR count). The lowest BCUT2D eigenvalue weighted by molar-refractivity contribution is 0.0678. The Morgan fingerprint density at radius 2 is 2.25 bits per heavy atom. The molecule has 0 amide bonds. The number of carboxylic acid groups (broad SMARTS) is 1. The lowest BCUT2D eigenvalue weighted by Gasteiger charge is -2.00. The zero-order valence-corrected chi connectivity index (χ0v) is 9.38. The number of nitrogens with zero attached hydrogens (tertiary/aromatic N) is 2. The molecule has 0 aliphatic heterocycles. The first-order valence-corrected chi connectivity index (χ1v) is 4.81. The van der Waals surface area contributed by atoms with Gasteiger partial charge in [-0.1, -0.05) is 0 Å². The number of hydrogen-bond donors (Lipinski definition) is 1. The molecule has 4 nitrogen and oxygen atoms in total. The van der Waals surface area contributed by atoms with Crippen LogP contribution in [0.25, 0.3) is 0 Å². The minimum absolute atomic E-state index is 0.0382. The van der Waals surface area contributed by atoms with Gasteiger partial charge in [0.1, 0.15) is 9.21 Å². The molecule has 1 aromatic heterocycles. The van der Waals surface area contributed by atoms with Crippen molar-refractivity contribution >= 4 is 37.8 Å². The molecule has 0 aliphatic rings. The van der Waals surface area contributed by atoms with E-state index in [2.05, 4.69) is 36.8 Å². The van der Waals surface area contributed by atoms with Crippen LogP contribution in [0.2, 0.25) is 0 Å². The first-order valence-electron chi connectivity index (χ1n) is 3.22. The van der Waals surface area contributed by atoms with Gasteiger partial charge in [0.15, 0.2) is 0 Å². The van der Waals surface area contributed by atoms with E-state index >= 15 is 0 Å². The van der Waals surface area contributed by atoms with Crippen molar-refractivity contribution in [2.75, 3.05) is 0 Å². The van der Waals surface area contributed by atoms with Gasteiger partial charge in [0.05, 0.1) is 0 Å². The Hall–Kier alpha value is -0.360. The molecule has 0 bridgehead atoms. The lowest BCUT2D eigenvalue weighted by Crippen LogP contribution is -2.08. The minimum atomic E-state index is -1.02. The number of imidazole rings is 1. The molecule has 0 radical (unpaired) electrons. The Labute approximate surface area is 85.9 Å². The lowest BCUT2D eigenvalue weighted by atomic mass is 10.6. The Balaban J connectivity index is 3.29. The molecule has 66 valence electrons. The van der Waals surface area contributed by atoms with Crippen LogP contribution in [-0.2, 0) is 6.54 Å². The summed E-state index contributed by atoms with van der Waals surface area (Å²) in [5.41, 5.74) is 0. The van der Waals surface area contributed by atoms with Gasteiger partial charge >= 0.3 is 5.97 Å². The Bertz CT molecular complexity index is 322. The average molecular weight is 298 g/mol. The highest BCUT2D eigenvalue weighted by Gasteiger charge is 2.16. The molecular weight excluding hydrogens is 292 g/mol. The van der Waals surface area contributed by atoms with Crippen LogP contribution in [0.1, 0.15) is 17.5 Å². The molecule has 0 unspecified atom stereocenters. The number of carboxylic acids is 1. The maximum absolute atomic E-state index is 10.6. The smallest absolute Gasteiger partial charge is 0.372 e. The van der Waals surface area contributed by atoms with Crippen LogP contribution >= 0.6 is 31.9 Å². The fourth-order valence-electron chi connectivity index (χ4n) is 0.856. The van der Waals surface area contributed by atoms with Gasteiger partial charge in [-0.2, -0.15) is 0 Å². The monoisotopic (exact) mass is 296 g/mol. The van der Waals surface area contributed by atoms with Crippen molar-refractivity contribution in [2.45, 2.75) is 13.5 Å². The molecule has 1 N–H and O–H groups in total. The molecule has 0 atom stereocenters. The average Bonchev–Trinajstić information content (AvgIpc) is 2.29. The number of carbonyl (C=O) groups is 1. The Morgan fingerprint density at radius 3 is 2.58 bits per heavy atom. The van der Waals surface area contributed by atoms with Gasteiger partial charge in [0, 0.05) is 6.54 Å². The minimum Gasteiger partial charge on any atom is -0.475 e. The maximum atomic E-state index is 10.6. The molecule has 6 heteroatoms. The zero-order chi connectivity index (χ0) is 9.30. The summed E-state index contributed by atoms with van der Waals surface area (Å²) in [7, 11) is 0. The quantitative estimate of drug-likeness (QED) is 0.910. The van der Waals surface area contributed by atoms with E-state index in [4.69, 9.17) is 5.11 Å². The second kappa shape index (κ2) is 3.57. The third-order valence-corrected chi connectivity index (χ3v) is 3.26. The topological polar surface area (TPSA) is 55.1 Å². The number of halogens is 2. The highest BCUT2D eigenvalue weighted by Crippen LogP contribution is 2.23. The van der Waals surface area contributed by atoms with Crippen molar-refractivity contribution in [3.05, 3.63) is 15.0 Å². The summed E-state index contributed by atoms with van der Waals surface area (Å²) >= 11 is 6.35. The van der Waals surface area contributed by atoms with E-state index in [-0.39, 0.29) is 5.82 Å². The van der Waals surface area contributed by atoms with Crippen molar-refractivity contribution in [1.82, 2.24) is 9.55 Å². The predicted octanol–water partition coefficient (Wildman–Crippen LogP) is 2.13. The van der Waals surface area contributed by atoms with Crippen molar-refractivity contribution in [1.29, 1.82) is 0 Å². The van der Waals surface area contributed by atoms with Gasteiger partial charge in [0.2, 0.25) is 5.82 Å². The maximum Gasteiger partial charge on any atom is 0.372 e. The van der Waals surface area contributed by atoms with Crippen LogP contribution in [0.3, 0.4) is 0 Å². The Kier molecular flexibility index (Phi) is 2.89. The number of hydrogen-bond acceptors (Lipinski definition) is 2. The fraction of sp³-hybridized carbons (Fsp3) is 0.333. The molecule has 0 saturated heterocycles. The first-order chi connectivity index (χ1) is 5.57. The SMILES string of the molecule is CCn1c(C(=O)O)nc(Br)c1Br. The predicted molar refractivity (Wildman–Crippen MR) is 50.3 cm³/mol. The summed E-state index contributed by atoms with van der Waals surface area (Å²) < 4.78 is 2.73. The van der Waals surface area contributed by atoms with Crippen LogP contribution in [0.15, 0.2) is 9.21 Å². The third-order valence-electron chi connectivity index (χ3n) is 1.37. The zero-order valence-electron chi connectivity index (χ0n) is 6.21. The molecule has 0 aliphatic carbocycles. The third kappa shape index (κ3) is 1.54. The van der Waals surface area contributed by atoms with E-state index in [0.717, 1.165) is 0 Å². The van der Waals surface area contributed by atoms with E-state index in [1.807, 2.05) is 6.92 Å². The first kappa shape index (κ1) is 9.73. The van der Waals surface area contributed by atoms with Gasteiger partial charge in [0.25, 0.3) is 0 Å². The second-order valence-electron chi connectivity index (χ2n) is 2.07. The van der Waals surface area contributed by atoms with Gasteiger partial charge in [-0.15, -0.1) is 0 Å². The summed E-state index contributed by atoms with van der Waals surface area (Å²) in [6, 6.07) is 0. The van der Waals surface area contributed by atoms with Crippen molar-refractivity contribution in [3.8, 4) is 0 Å². The van der Waals surface area contributed by atoms with E-state index < -0.39 is 5.97 Å². The fourth-order valence-corrected chi connectivity index (χ4v) is 1.75. The van der Waals surface area contributed by atoms with Crippen LogP contribution in [0, 0.1) is 0 Å². The van der Waals surface area contributed by atoms with Gasteiger partial charge < -0.3 is 9.67 Å². The highest BCUT2D eigenvalue weighted by molar-refractivity contribution is 9.13. The normalized spacial score (nSPS) is 10.2. The summed E-state index contributed by atoms with van der Waals surface area (Å²) in [4.78, 5) is 14.4. The molecule has 0 saturated carbocycles. The summed E-state index contributed by atoms with van der Waals surface area (Å²) in [5, 5.41) is 8.71. The summed E-state index contributed by atoms with van der Waals surface area (Å²) in [5.74, 6) is -0.987. The second-order valence-corrected chi connectivity index (χ2v) is 3.57. The van der Waals surface area contributed by atoms with Gasteiger partial charge in [-0.3, -0.25) is 0 Å². The van der Waals surface area contributed by atoms with Crippen LogP contribution in [0.5, 0.6) is 0 Å². The standard InChI is InChI=1S/C6H6Br2N2O2/c1-2-10-4(8)3(7)9-5(10)6(11)12/h2H2,1H3,(H,11,12). The molecule has 12 heavy (non-hydrogen) atoms. The van der Waals surface area contributed by atoms with Crippen LogP contribution in [-0.4, -0.2) is 20.6 Å². The van der Waals surface area contributed by atoms with Crippen LogP contribution in [0.4, 0.5) is 0 Å². The molecule has 0 fully saturated rings. The van der Waals surface area contributed by atoms with E-state index in [1.165, 1.54) is 0 Å². The van der Waals surface area contributed by atoms with E-state index in [1.54, 1.807) is 4.57 Å². The summed E-state index contributed by atoms with van der Waals surface area (Å²) in [6.45, 7) is 2.42. The largest absolute Gasteiger partial charge is 0.475 e.